The van der Waals surface area contributed by atoms with Gasteiger partial charge in [0.15, 0.2) is 6.10 Å². The number of nitrogens with zero attached hydrogens (tertiary/aromatic N) is 3. The largest absolute Gasteiger partial charge is 0.479 e. The van der Waals surface area contributed by atoms with E-state index in [2.05, 4.69) is 5.10 Å². The van der Waals surface area contributed by atoms with Crippen LogP contribution in [0.15, 0.2) is 24.4 Å². The highest BCUT2D eigenvalue weighted by Crippen LogP contribution is 2.46. The van der Waals surface area contributed by atoms with Crippen LogP contribution >= 0.6 is 0 Å². The summed E-state index contributed by atoms with van der Waals surface area (Å²) < 4.78 is 99.7. The van der Waals surface area contributed by atoms with Gasteiger partial charge in [0, 0.05) is 36.5 Å². The quantitative estimate of drug-likeness (QED) is 0.590. The van der Waals surface area contributed by atoms with Gasteiger partial charge in [0.2, 0.25) is 5.60 Å². The highest BCUT2D eigenvalue weighted by molar-refractivity contribution is 7.89. The zero-order valence-electron chi connectivity index (χ0n) is 17.5. The average Bonchev–Trinajstić information content (AvgIpc) is 3.28. The number of rotatable bonds is 4. The lowest BCUT2D eigenvalue weighted by molar-refractivity contribution is -0.293. The maximum Gasteiger partial charge on any atom is 0.416 e. The van der Waals surface area contributed by atoms with Crippen molar-refractivity contribution in [1.82, 2.24) is 14.1 Å². The molecule has 9 nitrogen and oxygen atoms in total. The van der Waals surface area contributed by atoms with E-state index in [0.29, 0.717) is 27.8 Å². The minimum Gasteiger partial charge on any atom is -0.479 e. The molecule has 1 aromatic carbocycles. The lowest BCUT2D eigenvalue weighted by Crippen LogP contribution is -2.67. The zero-order valence-corrected chi connectivity index (χ0v) is 18.3. The highest BCUT2D eigenvalue weighted by atomic mass is 32.2. The van der Waals surface area contributed by atoms with Crippen molar-refractivity contribution < 1.29 is 45.0 Å². The molecule has 1 saturated heterocycles. The fraction of sp³-hybridized carbons (Fsp3) is 0.474. The molecule has 4 atom stereocenters. The normalized spacial score (nSPS) is 28.1. The van der Waals surface area contributed by atoms with Crippen LogP contribution in [0, 0.1) is 11.6 Å². The summed E-state index contributed by atoms with van der Waals surface area (Å²) in [6, 6.07) is -1.46. The molecule has 0 saturated carbocycles. The molecule has 0 unspecified atom stereocenters. The second kappa shape index (κ2) is 7.96. The van der Waals surface area contributed by atoms with Gasteiger partial charge in [0.05, 0.1) is 18.0 Å². The Morgan fingerprint density at radius 3 is 2.53 bits per heavy atom. The van der Waals surface area contributed by atoms with Crippen LogP contribution in [-0.2, 0) is 38.2 Å². The Morgan fingerprint density at radius 2 is 1.97 bits per heavy atom. The Labute approximate surface area is 189 Å². The number of hydrogen-bond donors (Lipinski definition) is 2. The molecule has 2 aliphatic heterocycles. The number of halogens is 5. The van der Waals surface area contributed by atoms with Crippen molar-refractivity contribution in [2.24, 2.45) is 5.73 Å². The second-order valence-corrected chi connectivity index (χ2v) is 10.1. The van der Waals surface area contributed by atoms with Gasteiger partial charge >= 0.3 is 12.1 Å². The lowest BCUT2D eigenvalue weighted by atomic mass is 9.78. The number of benzene rings is 1. The summed E-state index contributed by atoms with van der Waals surface area (Å²) in [5.74, 6) is -4.35. The van der Waals surface area contributed by atoms with E-state index < -0.39 is 69.6 Å². The van der Waals surface area contributed by atoms with Gasteiger partial charge in [-0.3, -0.25) is 4.90 Å². The van der Waals surface area contributed by atoms with Crippen LogP contribution in [-0.4, -0.2) is 64.2 Å². The number of aliphatic carboxylic acids is 1. The van der Waals surface area contributed by atoms with Crippen LogP contribution in [0.25, 0.3) is 0 Å². The van der Waals surface area contributed by atoms with E-state index in [1.54, 1.807) is 0 Å². The number of carboxylic acids is 1. The minimum absolute atomic E-state index is 0.132. The first-order chi connectivity index (χ1) is 15.6. The molecule has 1 fully saturated rings. The minimum atomic E-state index is -5.10. The molecule has 0 radical (unpaired) electrons. The molecule has 3 N–H and O–H groups in total. The molecule has 0 aliphatic carbocycles. The number of fused-ring (bicyclic) bond motifs is 1. The molecule has 0 bridgehead atoms. The van der Waals surface area contributed by atoms with Crippen LogP contribution in [0.2, 0.25) is 0 Å². The third-order valence-electron chi connectivity index (χ3n) is 6.04. The summed E-state index contributed by atoms with van der Waals surface area (Å²) in [6.07, 6.45) is -6.32. The van der Waals surface area contributed by atoms with E-state index in [1.165, 1.54) is 11.1 Å². The summed E-state index contributed by atoms with van der Waals surface area (Å²) in [5.41, 5.74) is 2.65. The van der Waals surface area contributed by atoms with E-state index >= 15 is 0 Å². The first kappa shape index (κ1) is 24.5. The third-order valence-corrected chi connectivity index (χ3v) is 6.91. The van der Waals surface area contributed by atoms with Gasteiger partial charge in [-0.1, -0.05) is 0 Å². The Hall–Kier alpha value is -2.62. The van der Waals surface area contributed by atoms with Crippen molar-refractivity contribution in [3.05, 3.63) is 52.9 Å². The maximum atomic E-state index is 14.5. The van der Waals surface area contributed by atoms with E-state index in [0.717, 1.165) is 6.26 Å². The van der Waals surface area contributed by atoms with E-state index in [4.69, 9.17) is 10.5 Å². The Kier molecular flexibility index (Phi) is 5.74. The van der Waals surface area contributed by atoms with Crippen LogP contribution < -0.4 is 5.73 Å². The number of hydrogen-bond acceptors (Lipinski definition) is 7. The number of nitrogens with two attached hydrogens (primary N) is 1. The third kappa shape index (κ3) is 3.95. The molecule has 3 heterocycles. The number of carboxylic acid groups (broad SMARTS) is 1. The molecule has 2 aromatic rings. The molecule has 186 valence electrons. The summed E-state index contributed by atoms with van der Waals surface area (Å²) >= 11 is 0. The molecule has 1 aromatic heterocycles. The molecule has 0 spiro atoms. The van der Waals surface area contributed by atoms with Crippen molar-refractivity contribution in [3.63, 3.8) is 0 Å². The molecule has 0 amide bonds. The highest BCUT2D eigenvalue weighted by Gasteiger charge is 2.62. The van der Waals surface area contributed by atoms with Gasteiger partial charge < -0.3 is 15.6 Å². The summed E-state index contributed by atoms with van der Waals surface area (Å²) in [7, 11) is -3.70. The topological polar surface area (TPSA) is 128 Å². The maximum absolute atomic E-state index is 14.5. The Bertz CT molecular complexity index is 1230. The molecular formula is C19H19F5N4O5S. The van der Waals surface area contributed by atoms with Gasteiger partial charge in [0.25, 0.3) is 10.0 Å². The summed E-state index contributed by atoms with van der Waals surface area (Å²) in [6.45, 7) is -0.313. The summed E-state index contributed by atoms with van der Waals surface area (Å²) in [5, 5.41) is 13.7. The Balaban J connectivity index is 1.72. The van der Waals surface area contributed by atoms with Gasteiger partial charge in [0.1, 0.15) is 11.6 Å². The SMILES string of the molecule is CS(=O)(=O)n1cc2c(n1)CN([C@@H]1C[C@H](N)[C@@](C(=O)O)(c3cc(F)ccc3F)O[C@@H]1C(F)(F)F)C2. The van der Waals surface area contributed by atoms with Gasteiger partial charge in [-0.2, -0.15) is 22.4 Å². The standard InChI is InChI=1S/C19H19F5N4O5S/c1-34(31,32)28-7-9-6-27(8-13(9)26-28)14-5-15(25)18(17(29)30,33-16(14)19(22,23)24)11-4-10(20)2-3-12(11)21/h2-4,7,14-16H,5-6,8,25H2,1H3,(H,29,30)/t14-,15+,16+,18-/m1/s1. The van der Waals surface area contributed by atoms with Crippen molar-refractivity contribution in [2.45, 2.75) is 49.5 Å². The van der Waals surface area contributed by atoms with E-state index in [1.807, 2.05) is 0 Å². The smallest absolute Gasteiger partial charge is 0.416 e. The number of carbonyl (C=O) groups is 1. The van der Waals surface area contributed by atoms with Crippen LogP contribution in [0.1, 0.15) is 23.2 Å². The molecule has 2 aliphatic rings. The van der Waals surface area contributed by atoms with Gasteiger partial charge in [-0.05, 0) is 24.6 Å². The second-order valence-electron chi connectivity index (χ2n) is 8.30. The molecule has 34 heavy (non-hydrogen) atoms. The predicted molar refractivity (Wildman–Crippen MR) is 105 cm³/mol. The van der Waals surface area contributed by atoms with Crippen molar-refractivity contribution in [2.75, 3.05) is 6.26 Å². The van der Waals surface area contributed by atoms with Crippen LogP contribution in [0.4, 0.5) is 22.0 Å². The Morgan fingerprint density at radius 1 is 1.29 bits per heavy atom. The predicted octanol–water partition coefficient (Wildman–Crippen LogP) is 1.31. The van der Waals surface area contributed by atoms with Gasteiger partial charge in [-0.25, -0.2) is 22.0 Å². The van der Waals surface area contributed by atoms with E-state index in [9.17, 15) is 40.3 Å². The van der Waals surface area contributed by atoms with Crippen LogP contribution in [0.3, 0.4) is 0 Å². The monoisotopic (exact) mass is 510 g/mol. The number of alkyl halides is 3. The molecule has 15 heteroatoms. The zero-order chi connectivity index (χ0) is 25.2. The molecular weight excluding hydrogens is 491 g/mol. The number of ether oxygens (including phenoxy) is 1. The van der Waals surface area contributed by atoms with Crippen molar-refractivity contribution in [3.8, 4) is 0 Å². The first-order valence-corrected chi connectivity index (χ1v) is 11.7. The van der Waals surface area contributed by atoms with E-state index in [-0.39, 0.29) is 18.8 Å². The fourth-order valence-corrected chi connectivity index (χ4v) is 5.03. The van der Waals surface area contributed by atoms with Crippen LogP contribution in [0.5, 0.6) is 0 Å². The first-order valence-electron chi connectivity index (χ1n) is 9.85. The average molecular weight is 510 g/mol. The lowest BCUT2D eigenvalue weighted by Gasteiger charge is -2.49. The van der Waals surface area contributed by atoms with Crippen molar-refractivity contribution in [1.29, 1.82) is 0 Å². The summed E-state index contributed by atoms with van der Waals surface area (Å²) in [4.78, 5) is 13.5. The number of aromatic nitrogens is 2. The van der Waals surface area contributed by atoms with Crippen molar-refractivity contribution >= 4 is 16.0 Å². The fourth-order valence-electron chi connectivity index (χ4n) is 4.47. The molecule has 4 rings (SSSR count). The van der Waals surface area contributed by atoms with Gasteiger partial charge in [-0.15, -0.1) is 0 Å².